The fourth-order valence-corrected chi connectivity index (χ4v) is 2.38. The van der Waals surface area contributed by atoms with Crippen molar-refractivity contribution >= 4 is 11.7 Å². The van der Waals surface area contributed by atoms with Gasteiger partial charge in [-0.3, -0.25) is 9.59 Å². The highest BCUT2D eigenvalue weighted by molar-refractivity contribution is 5.96. The van der Waals surface area contributed by atoms with E-state index in [2.05, 4.69) is 5.32 Å². The third-order valence-corrected chi connectivity index (χ3v) is 3.67. The standard InChI is InChI=1S/C19H21NO2/c1-14-8-10-16(11-9-14)18(13-20-15(2)21)12-19(22)17-6-4-3-5-7-17/h3-11,18H,12-13H2,1-2H3,(H,20,21). The molecule has 22 heavy (non-hydrogen) atoms. The van der Waals surface area contributed by atoms with Crippen LogP contribution in [0.4, 0.5) is 0 Å². The number of carbonyl (C=O) groups excluding carboxylic acids is 2. The van der Waals surface area contributed by atoms with Gasteiger partial charge in [-0.1, -0.05) is 60.2 Å². The normalized spacial score (nSPS) is 11.7. The van der Waals surface area contributed by atoms with Crippen molar-refractivity contribution in [3.8, 4) is 0 Å². The van der Waals surface area contributed by atoms with Crippen molar-refractivity contribution < 1.29 is 9.59 Å². The summed E-state index contributed by atoms with van der Waals surface area (Å²) in [6.45, 7) is 3.99. The molecule has 1 unspecified atom stereocenters. The quantitative estimate of drug-likeness (QED) is 0.829. The van der Waals surface area contributed by atoms with Crippen molar-refractivity contribution in [1.29, 1.82) is 0 Å². The molecule has 0 saturated carbocycles. The van der Waals surface area contributed by atoms with Gasteiger partial charge >= 0.3 is 0 Å². The van der Waals surface area contributed by atoms with Gasteiger partial charge in [-0.25, -0.2) is 0 Å². The Morgan fingerprint density at radius 1 is 1.00 bits per heavy atom. The highest BCUT2D eigenvalue weighted by Crippen LogP contribution is 2.22. The van der Waals surface area contributed by atoms with Crippen molar-refractivity contribution in [1.82, 2.24) is 5.32 Å². The van der Waals surface area contributed by atoms with Gasteiger partial charge in [0, 0.05) is 31.4 Å². The van der Waals surface area contributed by atoms with Crippen LogP contribution in [-0.4, -0.2) is 18.2 Å². The largest absolute Gasteiger partial charge is 0.356 e. The zero-order chi connectivity index (χ0) is 15.9. The first kappa shape index (κ1) is 16.0. The number of aryl methyl sites for hydroxylation is 1. The Labute approximate surface area is 131 Å². The van der Waals surface area contributed by atoms with E-state index in [1.54, 1.807) is 0 Å². The Bertz CT molecular complexity index is 632. The summed E-state index contributed by atoms with van der Waals surface area (Å²) < 4.78 is 0. The van der Waals surface area contributed by atoms with Gasteiger partial charge in [0.25, 0.3) is 0 Å². The predicted molar refractivity (Wildman–Crippen MR) is 88.0 cm³/mol. The van der Waals surface area contributed by atoms with E-state index < -0.39 is 0 Å². The van der Waals surface area contributed by atoms with Crippen molar-refractivity contribution in [2.75, 3.05) is 6.54 Å². The van der Waals surface area contributed by atoms with E-state index in [1.165, 1.54) is 12.5 Å². The number of rotatable bonds is 6. The van der Waals surface area contributed by atoms with Crippen molar-refractivity contribution in [3.63, 3.8) is 0 Å². The molecule has 1 N–H and O–H groups in total. The summed E-state index contributed by atoms with van der Waals surface area (Å²) in [6.07, 6.45) is 0.382. The van der Waals surface area contributed by atoms with Gasteiger partial charge in [0.2, 0.25) is 5.91 Å². The lowest BCUT2D eigenvalue weighted by Crippen LogP contribution is -2.27. The van der Waals surface area contributed by atoms with Crippen LogP contribution in [0, 0.1) is 6.92 Å². The van der Waals surface area contributed by atoms with Crippen LogP contribution in [0.2, 0.25) is 0 Å². The summed E-state index contributed by atoms with van der Waals surface area (Å²) in [6, 6.07) is 17.4. The Morgan fingerprint density at radius 3 is 2.23 bits per heavy atom. The molecule has 0 aliphatic heterocycles. The van der Waals surface area contributed by atoms with Crippen LogP contribution in [0.3, 0.4) is 0 Å². The molecule has 3 nitrogen and oxygen atoms in total. The molecule has 114 valence electrons. The Morgan fingerprint density at radius 2 is 1.64 bits per heavy atom. The molecule has 0 radical (unpaired) electrons. The molecule has 0 heterocycles. The van der Waals surface area contributed by atoms with Gasteiger partial charge in [-0.05, 0) is 12.5 Å². The fourth-order valence-electron chi connectivity index (χ4n) is 2.38. The lowest BCUT2D eigenvalue weighted by atomic mass is 9.91. The monoisotopic (exact) mass is 295 g/mol. The lowest BCUT2D eigenvalue weighted by Gasteiger charge is -2.17. The van der Waals surface area contributed by atoms with Gasteiger partial charge in [0.15, 0.2) is 5.78 Å². The number of Topliss-reactive ketones (excluding diaryl/α,β-unsaturated/α-hetero) is 1. The van der Waals surface area contributed by atoms with E-state index in [0.29, 0.717) is 18.5 Å². The van der Waals surface area contributed by atoms with Crippen LogP contribution >= 0.6 is 0 Å². The van der Waals surface area contributed by atoms with E-state index >= 15 is 0 Å². The fraction of sp³-hybridized carbons (Fsp3) is 0.263. The highest BCUT2D eigenvalue weighted by atomic mass is 16.1. The Kier molecular flexibility index (Phi) is 5.48. The SMILES string of the molecule is CC(=O)NCC(CC(=O)c1ccccc1)c1ccc(C)cc1. The highest BCUT2D eigenvalue weighted by Gasteiger charge is 2.17. The second-order valence-electron chi connectivity index (χ2n) is 5.54. The topological polar surface area (TPSA) is 46.2 Å². The minimum Gasteiger partial charge on any atom is -0.356 e. The summed E-state index contributed by atoms with van der Waals surface area (Å²) in [7, 11) is 0. The summed E-state index contributed by atoms with van der Waals surface area (Å²) in [4.78, 5) is 23.6. The van der Waals surface area contributed by atoms with Gasteiger partial charge in [0.1, 0.15) is 0 Å². The molecular formula is C19H21NO2. The molecule has 2 rings (SSSR count). The van der Waals surface area contributed by atoms with E-state index in [-0.39, 0.29) is 17.6 Å². The molecule has 0 spiro atoms. The first-order valence-electron chi connectivity index (χ1n) is 7.45. The molecule has 0 aliphatic rings. The number of amides is 1. The van der Waals surface area contributed by atoms with E-state index in [1.807, 2.05) is 61.5 Å². The average molecular weight is 295 g/mol. The third kappa shape index (κ3) is 4.55. The predicted octanol–water partition coefficient (Wildman–Crippen LogP) is 3.49. The molecule has 1 atom stereocenters. The summed E-state index contributed by atoms with van der Waals surface area (Å²) in [5, 5.41) is 2.82. The van der Waals surface area contributed by atoms with Crippen LogP contribution in [0.1, 0.15) is 40.7 Å². The van der Waals surface area contributed by atoms with E-state index in [9.17, 15) is 9.59 Å². The molecule has 3 heteroatoms. The first-order valence-corrected chi connectivity index (χ1v) is 7.45. The summed E-state index contributed by atoms with van der Waals surface area (Å²) >= 11 is 0. The van der Waals surface area contributed by atoms with Crippen LogP contribution < -0.4 is 5.32 Å². The minimum absolute atomic E-state index is 0.0165. The maximum Gasteiger partial charge on any atom is 0.216 e. The van der Waals surface area contributed by atoms with Gasteiger partial charge in [-0.15, -0.1) is 0 Å². The van der Waals surface area contributed by atoms with Crippen molar-refractivity contribution in [2.45, 2.75) is 26.2 Å². The van der Waals surface area contributed by atoms with Crippen molar-refractivity contribution in [2.24, 2.45) is 0 Å². The molecular weight excluding hydrogens is 274 g/mol. The maximum absolute atomic E-state index is 12.4. The number of nitrogens with one attached hydrogen (secondary N) is 1. The second kappa shape index (κ2) is 7.55. The minimum atomic E-state index is -0.0794. The molecule has 1 amide bonds. The molecule has 0 bridgehead atoms. The maximum atomic E-state index is 12.4. The third-order valence-electron chi connectivity index (χ3n) is 3.67. The number of ketones is 1. The number of carbonyl (C=O) groups is 2. The number of benzene rings is 2. The van der Waals surface area contributed by atoms with Crippen molar-refractivity contribution in [3.05, 3.63) is 71.3 Å². The summed E-state index contributed by atoms with van der Waals surface area (Å²) in [5.41, 5.74) is 2.96. The zero-order valence-electron chi connectivity index (χ0n) is 13.0. The second-order valence-corrected chi connectivity index (χ2v) is 5.54. The Balaban J connectivity index is 2.15. The lowest BCUT2D eigenvalue weighted by molar-refractivity contribution is -0.119. The first-order chi connectivity index (χ1) is 10.6. The van der Waals surface area contributed by atoms with Gasteiger partial charge in [-0.2, -0.15) is 0 Å². The van der Waals surface area contributed by atoms with Gasteiger partial charge < -0.3 is 5.32 Å². The summed E-state index contributed by atoms with van der Waals surface area (Å²) in [5.74, 6) is -0.00185. The molecule has 0 fully saturated rings. The smallest absolute Gasteiger partial charge is 0.216 e. The Hall–Kier alpha value is -2.42. The van der Waals surface area contributed by atoms with Crippen LogP contribution in [0.25, 0.3) is 0 Å². The molecule has 0 aliphatic carbocycles. The average Bonchev–Trinajstić information content (AvgIpc) is 2.53. The zero-order valence-corrected chi connectivity index (χ0v) is 13.0. The number of hydrogen-bond donors (Lipinski definition) is 1. The van der Waals surface area contributed by atoms with Crippen LogP contribution in [0.15, 0.2) is 54.6 Å². The van der Waals surface area contributed by atoms with Gasteiger partial charge in [0.05, 0.1) is 0 Å². The van der Waals surface area contributed by atoms with E-state index in [4.69, 9.17) is 0 Å². The molecule has 0 aromatic heterocycles. The molecule has 0 saturated heterocycles. The van der Waals surface area contributed by atoms with E-state index in [0.717, 1.165) is 5.56 Å². The van der Waals surface area contributed by atoms with Crippen LogP contribution in [0.5, 0.6) is 0 Å². The van der Waals surface area contributed by atoms with Crippen LogP contribution in [-0.2, 0) is 4.79 Å². The number of hydrogen-bond acceptors (Lipinski definition) is 2. The molecule has 2 aromatic rings. The molecule has 2 aromatic carbocycles.